The van der Waals surface area contributed by atoms with Gasteiger partial charge in [0.05, 0.1) is 12.2 Å². The molecule has 3 rings (SSSR count). The van der Waals surface area contributed by atoms with Gasteiger partial charge >= 0.3 is 5.97 Å². The van der Waals surface area contributed by atoms with Crippen molar-refractivity contribution in [2.75, 3.05) is 23.3 Å². The molecule has 2 N–H and O–H groups in total. The number of carboxylic acid groups (broad SMARTS) is 1. The molecule has 0 bridgehead atoms. The van der Waals surface area contributed by atoms with E-state index in [1.54, 1.807) is 12.1 Å². The highest BCUT2D eigenvalue weighted by molar-refractivity contribution is 5.85. The van der Waals surface area contributed by atoms with Gasteiger partial charge in [-0.3, -0.25) is 0 Å². The van der Waals surface area contributed by atoms with Crippen LogP contribution in [-0.2, 0) is 11.3 Å². The molecular formula is C18H22N4O3. The van der Waals surface area contributed by atoms with Gasteiger partial charge in [0.1, 0.15) is 11.6 Å². The quantitative estimate of drug-likeness (QED) is 0.862. The molecular weight excluding hydrogens is 320 g/mol. The highest BCUT2D eigenvalue weighted by Crippen LogP contribution is 2.18. The Labute approximate surface area is 146 Å². The van der Waals surface area contributed by atoms with Gasteiger partial charge in [-0.2, -0.15) is 0 Å². The number of rotatable bonds is 5. The number of carbonyl (C=O) groups is 1. The molecule has 1 saturated heterocycles. The van der Waals surface area contributed by atoms with Gasteiger partial charge in [0, 0.05) is 25.8 Å². The number of ether oxygens (including phenoxy) is 1. The molecule has 132 valence electrons. The number of anilines is 2. The van der Waals surface area contributed by atoms with Crippen LogP contribution in [0.1, 0.15) is 29.9 Å². The van der Waals surface area contributed by atoms with Crippen molar-refractivity contribution in [1.82, 2.24) is 9.97 Å². The molecule has 3 heterocycles. The largest absolute Gasteiger partial charge is 0.477 e. The number of pyridine rings is 2. The number of morpholine rings is 1. The summed E-state index contributed by atoms with van der Waals surface area (Å²) in [6.45, 7) is 6.33. The summed E-state index contributed by atoms with van der Waals surface area (Å²) in [5.41, 5.74) is 1.02. The number of carboxylic acids is 1. The molecule has 0 aromatic carbocycles. The number of nitrogens with zero attached hydrogens (tertiary/aromatic N) is 3. The lowest BCUT2D eigenvalue weighted by Gasteiger charge is -2.36. The van der Waals surface area contributed by atoms with Crippen molar-refractivity contribution < 1.29 is 14.6 Å². The van der Waals surface area contributed by atoms with Crippen molar-refractivity contribution in [2.45, 2.75) is 32.6 Å². The Kier molecular flexibility index (Phi) is 5.14. The lowest BCUT2D eigenvalue weighted by atomic mass is 10.2. The van der Waals surface area contributed by atoms with E-state index in [4.69, 9.17) is 9.84 Å². The summed E-state index contributed by atoms with van der Waals surface area (Å²) in [5.74, 6) is 0.431. The molecule has 2 aromatic heterocycles. The van der Waals surface area contributed by atoms with E-state index in [0.717, 1.165) is 24.5 Å². The molecule has 1 fully saturated rings. The lowest BCUT2D eigenvalue weighted by molar-refractivity contribution is -0.00546. The number of aromatic nitrogens is 2. The van der Waals surface area contributed by atoms with Gasteiger partial charge in [-0.25, -0.2) is 14.8 Å². The van der Waals surface area contributed by atoms with Crippen LogP contribution in [0.25, 0.3) is 0 Å². The van der Waals surface area contributed by atoms with Crippen LogP contribution in [-0.4, -0.2) is 46.3 Å². The number of hydrogen-bond donors (Lipinski definition) is 2. The maximum Gasteiger partial charge on any atom is 0.354 e. The van der Waals surface area contributed by atoms with Crippen LogP contribution >= 0.6 is 0 Å². The third-order valence-corrected chi connectivity index (χ3v) is 3.99. The van der Waals surface area contributed by atoms with E-state index in [1.807, 2.05) is 18.3 Å². The molecule has 1 aliphatic rings. The average Bonchev–Trinajstić information content (AvgIpc) is 2.60. The predicted octanol–water partition coefficient (Wildman–Crippen LogP) is 2.40. The van der Waals surface area contributed by atoms with Crippen molar-refractivity contribution in [2.24, 2.45) is 0 Å². The van der Waals surface area contributed by atoms with Crippen LogP contribution in [0.5, 0.6) is 0 Å². The lowest BCUT2D eigenvalue weighted by Crippen LogP contribution is -2.45. The third-order valence-electron chi connectivity index (χ3n) is 3.99. The van der Waals surface area contributed by atoms with Crippen LogP contribution in [0.3, 0.4) is 0 Å². The van der Waals surface area contributed by atoms with Crippen LogP contribution in [0, 0.1) is 0 Å². The Morgan fingerprint density at radius 3 is 2.68 bits per heavy atom. The summed E-state index contributed by atoms with van der Waals surface area (Å²) >= 11 is 0. The molecule has 2 aromatic rings. The van der Waals surface area contributed by atoms with Crippen molar-refractivity contribution >= 4 is 17.6 Å². The molecule has 0 aliphatic carbocycles. The zero-order chi connectivity index (χ0) is 17.8. The molecule has 1 aliphatic heterocycles. The smallest absolute Gasteiger partial charge is 0.354 e. The van der Waals surface area contributed by atoms with Gasteiger partial charge in [0.2, 0.25) is 0 Å². The molecule has 0 saturated carbocycles. The second-order valence-corrected chi connectivity index (χ2v) is 6.25. The predicted molar refractivity (Wildman–Crippen MR) is 95.0 cm³/mol. The fraction of sp³-hybridized carbons (Fsp3) is 0.389. The van der Waals surface area contributed by atoms with Gasteiger partial charge in [0.15, 0.2) is 5.69 Å². The van der Waals surface area contributed by atoms with Crippen molar-refractivity contribution in [3.63, 3.8) is 0 Å². The van der Waals surface area contributed by atoms with Crippen LogP contribution in [0.15, 0.2) is 36.5 Å². The Hall–Kier alpha value is -2.67. The Morgan fingerprint density at radius 2 is 2.04 bits per heavy atom. The number of aromatic carboxylic acids is 1. The third kappa shape index (κ3) is 4.45. The molecule has 2 atom stereocenters. The van der Waals surface area contributed by atoms with Gasteiger partial charge in [-0.1, -0.05) is 12.1 Å². The minimum Gasteiger partial charge on any atom is -0.477 e. The normalized spacial score (nSPS) is 20.3. The minimum absolute atomic E-state index is 0.0222. The molecule has 0 radical (unpaired) electrons. The van der Waals surface area contributed by atoms with E-state index in [-0.39, 0.29) is 17.9 Å². The molecule has 0 amide bonds. The van der Waals surface area contributed by atoms with Gasteiger partial charge in [-0.05, 0) is 37.6 Å². The highest BCUT2D eigenvalue weighted by atomic mass is 16.5. The first-order valence-corrected chi connectivity index (χ1v) is 8.31. The number of hydrogen-bond acceptors (Lipinski definition) is 6. The second-order valence-electron chi connectivity index (χ2n) is 6.25. The first kappa shape index (κ1) is 17.2. The fourth-order valence-corrected chi connectivity index (χ4v) is 2.92. The summed E-state index contributed by atoms with van der Waals surface area (Å²) in [7, 11) is 0. The Balaban J connectivity index is 1.61. The summed E-state index contributed by atoms with van der Waals surface area (Å²) in [6, 6.07) is 8.89. The zero-order valence-electron chi connectivity index (χ0n) is 14.3. The van der Waals surface area contributed by atoms with Crippen LogP contribution < -0.4 is 10.2 Å². The average molecular weight is 342 g/mol. The van der Waals surface area contributed by atoms with Gasteiger partial charge in [-0.15, -0.1) is 0 Å². The van der Waals surface area contributed by atoms with Crippen molar-refractivity contribution in [3.05, 3.63) is 47.8 Å². The topological polar surface area (TPSA) is 87.6 Å². The summed E-state index contributed by atoms with van der Waals surface area (Å²) < 4.78 is 5.75. The standard InChI is InChI=1S/C18H22N4O3/c1-12-10-22(11-13(2)25-12)17-7-6-14(9-20-17)8-19-16-5-3-4-15(21-16)18(23)24/h3-7,9,12-13H,8,10-11H2,1-2H3,(H,19,21)(H,23,24). The maximum absolute atomic E-state index is 10.9. The summed E-state index contributed by atoms with van der Waals surface area (Å²) in [5, 5.41) is 12.1. The van der Waals surface area contributed by atoms with Crippen molar-refractivity contribution in [3.8, 4) is 0 Å². The molecule has 0 spiro atoms. The summed E-state index contributed by atoms with van der Waals surface area (Å²) in [4.78, 5) is 21.8. The van der Waals surface area contributed by atoms with E-state index in [2.05, 4.69) is 34.0 Å². The second kappa shape index (κ2) is 7.48. The van der Waals surface area contributed by atoms with E-state index in [0.29, 0.717) is 12.4 Å². The Bertz CT molecular complexity index is 725. The molecule has 2 unspecified atom stereocenters. The summed E-state index contributed by atoms with van der Waals surface area (Å²) in [6.07, 6.45) is 2.22. The van der Waals surface area contributed by atoms with Gasteiger partial charge in [0.25, 0.3) is 0 Å². The molecule has 7 heteroatoms. The fourth-order valence-electron chi connectivity index (χ4n) is 2.92. The first-order valence-electron chi connectivity index (χ1n) is 8.31. The minimum atomic E-state index is -1.04. The van der Waals surface area contributed by atoms with E-state index in [1.165, 1.54) is 6.07 Å². The number of nitrogens with one attached hydrogen (secondary N) is 1. The highest BCUT2D eigenvalue weighted by Gasteiger charge is 2.22. The van der Waals surface area contributed by atoms with E-state index in [9.17, 15) is 4.79 Å². The molecule has 7 nitrogen and oxygen atoms in total. The maximum atomic E-state index is 10.9. The molecule has 25 heavy (non-hydrogen) atoms. The zero-order valence-corrected chi connectivity index (χ0v) is 14.3. The van der Waals surface area contributed by atoms with E-state index < -0.39 is 5.97 Å². The monoisotopic (exact) mass is 342 g/mol. The van der Waals surface area contributed by atoms with Crippen molar-refractivity contribution in [1.29, 1.82) is 0 Å². The van der Waals surface area contributed by atoms with E-state index >= 15 is 0 Å². The SMILES string of the molecule is CC1CN(c2ccc(CNc3cccc(C(=O)O)n3)cn2)CC(C)O1. The van der Waals surface area contributed by atoms with Gasteiger partial charge < -0.3 is 20.1 Å². The Morgan fingerprint density at radius 1 is 1.28 bits per heavy atom. The van der Waals surface area contributed by atoms with Crippen LogP contribution in [0.2, 0.25) is 0 Å². The van der Waals surface area contributed by atoms with Crippen LogP contribution in [0.4, 0.5) is 11.6 Å². The first-order chi connectivity index (χ1) is 12.0.